The van der Waals surface area contributed by atoms with Crippen molar-refractivity contribution in [2.75, 3.05) is 0 Å². The molecule has 0 heterocycles. The van der Waals surface area contributed by atoms with Crippen LogP contribution in [0.15, 0.2) is 0 Å². The summed E-state index contributed by atoms with van der Waals surface area (Å²) in [5, 5.41) is 10.7. The van der Waals surface area contributed by atoms with Crippen molar-refractivity contribution in [1.82, 2.24) is 0 Å². The van der Waals surface area contributed by atoms with Crippen molar-refractivity contribution in [3.8, 4) is 0 Å². The highest BCUT2D eigenvalue weighted by molar-refractivity contribution is 5.14. The van der Waals surface area contributed by atoms with Crippen molar-refractivity contribution >= 4 is 0 Å². The number of hydrogen-bond donors (Lipinski definition) is 1. The molecule has 0 bridgehead atoms. The molecule has 1 heteroatoms. The first-order chi connectivity index (χ1) is 7.36. The first-order valence-corrected chi connectivity index (χ1v) is 7.08. The molecule has 0 aliphatic heterocycles. The topological polar surface area (TPSA) is 20.2 Å². The highest BCUT2D eigenvalue weighted by Crippen LogP contribution is 2.71. The average molecular weight is 222 g/mol. The van der Waals surface area contributed by atoms with Crippen molar-refractivity contribution < 1.29 is 5.11 Å². The Kier molecular flexibility index (Phi) is 2.11. The van der Waals surface area contributed by atoms with E-state index in [1.165, 1.54) is 19.3 Å². The molecule has 0 saturated heterocycles. The molecule has 1 nitrogen and oxygen atoms in total. The van der Waals surface area contributed by atoms with Crippen molar-refractivity contribution in [1.29, 1.82) is 0 Å². The van der Waals surface area contributed by atoms with E-state index in [0.717, 1.165) is 30.1 Å². The Morgan fingerprint density at radius 3 is 2.38 bits per heavy atom. The number of hydrogen-bond acceptors (Lipinski definition) is 1. The minimum Gasteiger partial charge on any atom is -0.390 e. The molecule has 0 amide bonds. The van der Waals surface area contributed by atoms with Gasteiger partial charge in [0, 0.05) is 0 Å². The SMILES string of the molecule is CC1CC[C@@H]2[C@@H]1[C@@H]1[C@@H](CC[C@]2(C)O)C1(C)C. The third kappa shape index (κ3) is 1.27. The zero-order chi connectivity index (χ0) is 11.7. The van der Waals surface area contributed by atoms with Gasteiger partial charge in [-0.15, -0.1) is 0 Å². The van der Waals surface area contributed by atoms with Gasteiger partial charge < -0.3 is 5.11 Å². The molecule has 3 fully saturated rings. The van der Waals surface area contributed by atoms with Crippen LogP contribution >= 0.6 is 0 Å². The summed E-state index contributed by atoms with van der Waals surface area (Å²) in [6.45, 7) is 9.41. The van der Waals surface area contributed by atoms with Crippen LogP contribution < -0.4 is 0 Å². The Hall–Kier alpha value is -0.0400. The van der Waals surface area contributed by atoms with Crippen molar-refractivity contribution in [3.63, 3.8) is 0 Å². The lowest BCUT2D eigenvalue weighted by Gasteiger charge is -2.35. The quantitative estimate of drug-likeness (QED) is 0.665. The summed E-state index contributed by atoms with van der Waals surface area (Å²) in [5.41, 5.74) is 0.191. The zero-order valence-electron chi connectivity index (χ0n) is 11.2. The molecule has 6 atom stereocenters. The van der Waals surface area contributed by atoms with Gasteiger partial charge in [0.1, 0.15) is 0 Å². The second-order valence-corrected chi connectivity index (χ2v) is 7.59. The van der Waals surface area contributed by atoms with E-state index >= 15 is 0 Å². The molecule has 1 unspecified atom stereocenters. The van der Waals surface area contributed by atoms with Gasteiger partial charge in [-0.2, -0.15) is 0 Å². The first kappa shape index (κ1) is 11.1. The summed E-state index contributed by atoms with van der Waals surface area (Å²) >= 11 is 0. The van der Waals surface area contributed by atoms with E-state index < -0.39 is 0 Å². The summed E-state index contributed by atoms with van der Waals surface area (Å²) in [7, 11) is 0. The fraction of sp³-hybridized carbons (Fsp3) is 1.00. The van der Waals surface area contributed by atoms with Crippen LogP contribution in [-0.4, -0.2) is 10.7 Å². The van der Waals surface area contributed by atoms with Crippen LogP contribution in [0.2, 0.25) is 0 Å². The number of rotatable bonds is 0. The average Bonchev–Trinajstić information content (AvgIpc) is 2.51. The smallest absolute Gasteiger partial charge is 0.0650 e. The molecule has 0 aromatic rings. The van der Waals surface area contributed by atoms with Gasteiger partial charge in [-0.1, -0.05) is 27.2 Å². The monoisotopic (exact) mass is 222 g/mol. The fourth-order valence-corrected chi connectivity index (χ4v) is 5.29. The lowest BCUT2D eigenvalue weighted by Crippen LogP contribution is -2.38. The van der Waals surface area contributed by atoms with Gasteiger partial charge in [-0.25, -0.2) is 0 Å². The number of fused-ring (bicyclic) bond motifs is 3. The van der Waals surface area contributed by atoms with Gasteiger partial charge >= 0.3 is 0 Å². The lowest BCUT2D eigenvalue weighted by molar-refractivity contribution is -0.0302. The van der Waals surface area contributed by atoms with Gasteiger partial charge in [-0.3, -0.25) is 0 Å². The van der Waals surface area contributed by atoms with Crippen molar-refractivity contribution in [2.45, 2.75) is 59.0 Å². The molecular weight excluding hydrogens is 196 g/mol. The van der Waals surface area contributed by atoms with E-state index in [-0.39, 0.29) is 5.60 Å². The Balaban J connectivity index is 1.94. The fourth-order valence-electron chi connectivity index (χ4n) is 5.29. The zero-order valence-corrected chi connectivity index (χ0v) is 11.2. The highest BCUT2D eigenvalue weighted by Gasteiger charge is 2.66. The van der Waals surface area contributed by atoms with E-state index in [4.69, 9.17) is 0 Å². The third-order valence-electron chi connectivity index (χ3n) is 6.37. The van der Waals surface area contributed by atoms with Gasteiger partial charge in [0.05, 0.1) is 5.60 Å². The van der Waals surface area contributed by atoms with Crippen molar-refractivity contribution in [3.05, 3.63) is 0 Å². The predicted octanol–water partition coefficient (Wildman–Crippen LogP) is 3.47. The van der Waals surface area contributed by atoms with E-state index in [0.29, 0.717) is 11.3 Å². The predicted molar refractivity (Wildman–Crippen MR) is 66.0 cm³/mol. The van der Waals surface area contributed by atoms with Gasteiger partial charge in [0.15, 0.2) is 0 Å². The minimum atomic E-state index is -0.376. The van der Waals surface area contributed by atoms with Crippen LogP contribution in [0.1, 0.15) is 53.4 Å². The maximum atomic E-state index is 10.7. The van der Waals surface area contributed by atoms with E-state index in [1.807, 2.05) is 0 Å². The molecule has 0 radical (unpaired) electrons. The second-order valence-electron chi connectivity index (χ2n) is 7.59. The van der Waals surface area contributed by atoms with Crippen LogP contribution in [0.4, 0.5) is 0 Å². The summed E-state index contributed by atoms with van der Waals surface area (Å²) in [4.78, 5) is 0. The summed E-state index contributed by atoms with van der Waals surface area (Å²) in [6.07, 6.45) is 4.89. The van der Waals surface area contributed by atoms with Gasteiger partial charge in [0.2, 0.25) is 0 Å². The van der Waals surface area contributed by atoms with E-state index in [9.17, 15) is 5.11 Å². The lowest BCUT2D eigenvalue weighted by atomic mass is 9.74. The number of aliphatic hydroxyl groups is 1. The first-order valence-electron chi connectivity index (χ1n) is 7.08. The second kappa shape index (κ2) is 3.04. The third-order valence-corrected chi connectivity index (χ3v) is 6.37. The summed E-state index contributed by atoms with van der Waals surface area (Å²) < 4.78 is 0. The molecule has 3 saturated carbocycles. The Labute approximate surface area is 99.6 Å². The Morgan fingerprint density at radius 1 is 1.00 bits per heavy atom. The van der Waals surface area contributed by atoms with Crippen molar-refractivity contribution in [2.24, 2.45) is 35.0 Å². The summed E-state index contributed by atoms with van der Waals surface area (Å²) in [6, 6.07) is 0. The van der Waals surface area contributed by atoms with Crippen LogP contribution in [0.3, 0.4) is 0 Å². The molecule has 0 aromatic carbocycles. The molecule has 0 spiro atoms. The minimum absolute atomic E-state index is 0.376. The summed E-state index contributed by atoms with van der Waals surface area (Å²) in [5.74, 6) is 4.03. The molecule has 3 aliphatic carbocycles. The molecule has 3 aliphatic rings. The maximum Gasteiger partial charge on any atom is 0.0650 e. The van der Waals surface area contributed by atoms with Crippen LogP contribution in [0.25, 0.3) is 0 Å². The molecular formula is C15H26O. The van der Waals surface area contributed by atoms with E-state index in [1.54, 1.807) is 0 Å². The Morgan fingerprint density at radius 2 is 1.69 bits per heavy atom. The maximum absolute atomic E-state index is 10.7. The Bertz CT molecular complexity index is 305. The van der Waals surface area contributed by atoms with E-state index in [2.05, 4.69) is 27.7 Å². The van der Waals surface area contributed by atoms with Crippen LogP contribution in [0, 0.1) is 35.0 Å². The van der Waals surface area contributed by atoms with Gasteiger partial charge in [-0.05, 0) is 61.2 Å². The normalized spacial score (nSPS) is 58.7. The van der Waals surface area contributed by atoms with Crippen LogP contribution in [0.5, 0.6) is 0 Å². The van der Waals surface area contributed by atoms with Crippen LogP contribution in [-0.2, 0) is 0 Å². The molecule has 16 heavy (non-hydrogen) atoms. The highest BCUT2D eigenvalue weighted by atomic mass is 16.3. The largest absolute Gasteiger partial charge is 0.390 e. The molecule has 1 N–H and O–H groups in total. The molecule has 0 aromatic heterocycles. The standard InChI is InChI=1S/C15H26O/c1-9-5-6-10-12(9)13-11(14(13,2)3)7-8-15(10,4)16/h9-13,16H,5-8H2,1-4H3/t9?,10-,11-,12-,13+,15+/m1/s1. The molecule has 92 valence electrons. The molecule has 3 rings (SSSR count). The van der Waals surface area contributed by atoms with Gasteiger partial charge in [0.25, 0.3) is 0 Å².